The summed E-state index contributed by atoms with van der Waals surface area (Å²) in [7, 11) is 2.71. The lowest BCUT2D eigenvalue weighted by Gasteiger charge is -2.03. The topological polar surface area (TPSA) is 18.5 Å². The van der Waals surface area contributed by atoms with Crippen LogP contribution < -0.4 is 0 Å². The summed E-state index contributed by atoms with van der Waals surface area (Å²) in [6.07, 6.45) is 0. The molecule has 0 bridgehead atoms. The van der Waals surface area contributed by atoms with Crippen LogP contribution >= 0.6 is 11.6 Å². The van der Waals surface area contributed by atoms with Crippen molar-refractivity contribution < 1.29 is 9.31 Å². The van der Waals surface area contributed by atoms with Gasteiger partial charge in [-0.25, -0.2) is 0 Å². The molecular weight excluding hydrogens is 162 g/mol. The second-order valence-electron chi connectivity index (χ2n) is 2.13. The molecule has 0 saturated carbocycles. The van der Waals surface area contributed by atoms with E-state index in [0.717, 1.165) is 5.57 Å². The van der Waals surface area contributed by atoms with Gasteiger partial charge in [-0.2, -0.15) is 0 Å². The first-order chi connectivity index (χ1) is 5.11. The Hall–Kier alpha value is -0.245. The molecule has 0 rings (SSSR count). The molecular formula is C7H12BClO2. The van der Waals surface area contributed by atoms with E-state index in [0.29, 0.717) is 5.03 Å². The van der Waals surface area contributed by atoms with Crippen LogP contribution in [0.3, 0.4) is 0 Å². The zero-order chi connectivity index (χ0) is 8.85. The fourth-order valence-corrected chi connectivity index (χ4v) is 0.597. The van der Waals surface area contributed by atoms with Crippen LogP contribution in [-0.2, 0) is 9.31 Å². The van der Waals surface area contributed by atoms with E-state index < -0.39 is 0 Å². The Balaban J connectivity index is 4.14. The average molecular weight is 174 g/mol. The molecule has 0 N–H and O–H groups in total. The lowest BCUT2D eigenvalue weighted by molar-refractivity contribution is 0.290. The minimum Gasteiger partial charge on any atom is -0.410 e. The highest BCUT2D eigenvalue weighted by molar-refractivity contribution is 6.53. The van der Waals surface area contributed by atoms with Crippen molar-refractivity contribution in [3.05, 3.63) is 23.2 Å². The summed E-state index contributed by atoms with van der Waals surface area (Å²) in [6, 6.07) is 0. The van der Waals surface area contributed by atoms with Gasteiger partial charge in [0.25, 0.3) is 0 Å². The Bertz CT molecular complexity index is 164. The minimum absolute atomic E-state index is 0.390. The van der Waals surface area contributed by atoms with Crippen LogP contribution in [0.15, 0.2) is 23.2 Å². The quantitative estimate of drug-likeness (QED) is 0.479. The first kappa shape index (κ1) is 10.8. The maximum atomic E-state index is 5.77. The van der Waals surface area contributed by atoms with Crippen LogP contribution in [0.1, 0.15) is 6.92 Å². The fourth-order valence-electron chi connectivity index (χ4n) is 0.494. The highest BCUT2D eigenvalue weighted by atomic mass is 35.5. The van der Waals surface area contributed by atoms with Gasteiger partial charge in [-0.1, -0.05) is 18.2 Å². The van der Waals surface area contributed by atoms with Crippen molar-refractivity contribution in [3.63, 3.8) is 0 Å². The number of hydrogen-bond donors (Lipinski definition) is 0. The van der Waals surface area contributed by atoms with E-state index in [1.165, 1.54) is 0 Å². The number of rotatable bonds is 4. The standard InChI is InChI=1S/C7H12BClO2/c1-6(2)7(9)5-8(10-3)11-4/h5H,1H2,2-4H3/b7-5-. The molecule has 0 aliphatic rings. The summed E-state index contributed by atoms with van der Waals surface area (Å²) in [5.74, 6) is 1.66. The van der Waals surface area contributed by atoms with E-state index >= 15 is 0 Å². The average Bonchev–Trinajstić information content (AvgIpc) is 1.99. The summed E-state index contributed by atoms with van der Waals surface area (Å²) < 4.78 is 9.79. The van der Waals surface area contributed by atoms with Crippen molar-refractivity contribution in [3.8, 4) is 0 Å². The van der Waals surface area contributed by atoms with Crippen molar-refractivity contribution >= 4 is 18.7 Å². The Morgan fingerprint density at radius 3 is 2.18 bits per heavy atom. The molecule has 0 unspecified atom stereocenters. The van der Waals surface area contributed by atoms with Crippen LogP contribution in [0.25, 0.3) is 0 Å². The van der Waals surface area contributed by atoms with Gasteiger partial charge in [0.2, 0.25) is 0 Å². The second kappa shape index (κ2) is 5.41. The van der Waals surface area contributed by atoms with Gasteiger partial charge in [-0.05, 0) is 18.5 Å². The van der Waals surface area contributed by atoms with Crippen LogP contribution in [0.2, 0.25) is 0 Å². The van der Waals surface area contributed by atoms with E-state index in [4.69, 9.17) is 20.9 Å². The van der Waals surface area contributed by atoms with Crippen molar-refractivity contribution in [2.75, 3.05) is 14.2 Å². The lowest BCUT2D eigenvalue weighted by Crippen LogP contribution is -2.16. The predicted molar refractivity (Wildman–Crippen MR) is 48.5 cm³/mol. The fraction of sp³-hybridized carbons (Fsp3) is 0.429. The van der Waals surface area contributed by atoms with Crippen molar-refractivity contribution in [2.24, 2.45) is 0 Å². The van der Waals surface area contributed by atoms with E-state index in [9.17, 15) is 0 Å². The molecule has 0 spiro atoms. The van der Waals surface area contributed by atoms with Crippen molar-refractivity contribution in [2.45, 2.75) is 6.92 Å². The molecule has 4 heteroatoms. The summed E-state index contributed by atoms with van der Waals surface area (Å²) in [6.45, 7) is 5.49. The van der Waals surface area contributed by atoms with Crippen LogP contribution in [0.5, 0.6) is 0 Å². The van der Waals surface area contributed by atoms with E-state index in [-0.39, 0.29) is 7.12 Å². The molecule has 0 aromatic rings. The highest BCUT2D eigenvalue weighted by Crippen LogP contribution is 2.12. The number of halogens is 1. The smallest absolute Gasteiger partial charge is 0.410 e. The van der Waals surface area contributed by atoms with Crippen molar-refractivity contribution in [1.29, 1.82) is 0 Å². The molecule has 0 heterocycles. The van der Waals surface area contributed by atoms with Gasteiger partial charge >= 0.3 is 7.12 Å². The van der Waals surface area contributed by atoms with Gasteiger partial charge in [0.1, 0.15) is 0 Å². The molecule has 2 nitrogen and oxygen atoms in total. The zero-order valence-electron chi connectivity index (χ0n) is 7.06. The molecule has 62 valence electrons. The Kier molecular flexibility index (Phi) is 5.29. The van der Waals surface area contributed by atoms with Gasteiger partial charge in [0.05, 0.1) is 0 Å². The molecule has 0 fully saturated rings. The first-order valence-corrected chi connectivity index (χ1v) is 3.58. The molecule has 0 aliphatic heterocycles. The molecule has 0 atom stereocenters. The maximum absolute atomic E-state index is 5.77. The normalized spacial score (nSPS) is 11.5. The van der Waals surface area contributed by atoms with Crippen LogP contribution in [0.4, 0.5) is 0 Å². The predicted octanol–water partition coefficient (Wildman–Crippen LogP) is 2.01. The summed E-state index contributed by atoms with van der Waals surface area (Å²) >= 11 is 5.77. The second-order valence-corrected chi connectivity index (χ2v) is 2.54. The largest absolute Gasteiger partial charge is 0.487 e. The van der Waals surface area contributed by atoms with Crippen LogP contribution in [-0.4, -0.2) is 21.3 Å². The summed E-state index contributed by atoms with van der Waals surface area (Å²) in [5.41, 5.74) is 0.797. The van der Waals surface area contributed by atoms with Crippen LogP contribution in [0, 0.1) is 0 Å². The number of hydrogen-bond acceptors (Lipinski definition) is 2. The lowest BCUT2D eigenvalue weighted by atomic mass is 9.89. The monoisotopic (exact) mass is 174 g/mol. The van der Waals surface area contributed by atoms with Gasteiger partial charge in [0, 0.05) is 19.3 Å². The minimum atomic E-state index is -0.390. The third-order valence-corrected chi connectivity index (χ3v) is 1.60. The zero-order valence-corrected chi connectivity index (χ0v) is 7.81. The van der Waals surface area contributed by atoms with Crippen molar-refractivity contribution in [1.82, 2.24) is 0 Å². The molecule has 0 amide bonds. The van der Waals surface area contributed by atoms with E-state index in [2.05, 4.69) is 6.58 Å². The molecule has 0 aromatic heterocycles. The van der Waals surface area contributed by atoms with Gasteiger partial charge in [0.15, 0.2) is 0 Å². The maximum Gasteiger partial charge on any atom is 0.487 e. The van der Waals surface area contributed by atoms with E-state index in [1.54, 1.807) is 20.2 Å². The molecule has 11 heavy (non-hydrogen) atoms. The molecule has 0 saturated heterocycles. The first-order valence-electron chi connectivity index (χ1n) is 3.20. The molecule has 0 aliphatic carbocycles. The number of allylic oxidation sites excluding steroid dienone is 2. The molecule has 0 radical (unpaired) electrons. The summed E-state index contributed by atoms with van der Waals surface area (Å²) in [5, 5.41) is 0.568. The van der Waals surface area contributed by atoms with Gasteiger partial charge in [-0.15, -0.1) is 0 Å². The Morgan fingerprint density at radius 2 is 1.91 bits per heavy atom. The van der Waals surface area contributed by atoms with E-state index in [1.807, 2.05) is 6.92 Å². The third-order valence-electron chi connectivity index (χ3n) is 1.15. The Labute approximate surface area is 73.0 Å². The molecule has 0 aromatic carbocycles. The van der Waals surface area contributed by atoms with Gasteiger partial charge < -0.3 is 9.31 Å². The third kappa shape index (κ3) is 4.25. The Morgan fingerprint density at radius 1 is 1.45 bits per heavy atom. The van der Waals surface area contributed by atoms with Gasteiger partial charge in [-0.3, -0.25) is 0 Å². The SMILES string of the molecule is C=C(C)/C(Cl)=C/B(OC)OC. The highest BCUT2D eigenvalue weighted by Gasteiger charge is 2.11. The summed E-state index contributed by atoms with van der Waals surface area (Å²) in [4.78, 5) is 0.